The molecule has 0 fully saturated rings. The summed E-state index contributed by atoms with van der Waals surface area (Å²) in [5, 5.41) is 0. The van der Waals surface area contributed by atoms with E-state index in [1.54, 1.807) is 0 Å². The van der Waals surface area contributed by atoms with Crippen molar-refractivity contribution in [2.24, 2.45) is 5.73 Å². The Morgan fingerprint density at radius 3 is 2.89 bits per heavy atom. The van der Waals surface area contributed by atoms with E-state index in [0.717, 1.165) is 35.0 Å². The van der Waals surface area contributed by atoms with Crippen LogP contribution in [0.25, 0.3) is 0 Å². The van der Waals surface area contributed by atoms with E-state index in [1.165, 1.54) is 12.8 Å². The van der Waals surface area contributed by atoms with Crippen molar-refractivity contribution >= 4 is 15.9 Å². The summed E-state index contributed by atoms with van der Waals surface area (Å²) in [5.41, 5.74) is 7.41. The molecule has 0 aliphatic carbocycles. The van der Waals surface area contributed by atoms with Crippen LogP contribution in [-0.2, 0) is 0 Å². The third-order valence-electron chi connectivity index (χ3n) is 3.92. The first-order valence-corrected chi connectivity index (χ1v) is 7.63. The third kappa shape index (κ3) is 2.72. The van der Waals surface area contributed by atoms with Gasteiger partial charge in [-0.25, -0.2) is 0 Å². The van der Waals surface area contributed by atoms with Crippen LogP contribution in [0.1, 0.15) is 57.6 Å². The van der Waals surface area contributed by atoms with E-state index in [0.29, 0.717) is 0 Å². The molecule has 1 aromatic carbocycles. The summed E-state index contributed by atoms with van der Waals surface area (Å²) in [5.74, 6) is 0.968. The second kappa shape index (κ2) is 5.62. The van der Waals surface area contributed by atoms with Crippen LogP contribution < -0.4 is 10.5 Å². The fraction of sp³-hybridized carbons (Fsp3) is 0.600. The molecule has 2 N–H and O–H groups in total. The SMILES string of the molecule is CCCCC1(CC)C[C@@H](N)c2cc(Br)ccc2O1. The Morgan fingerprint density at radius 2 is 2.22 bits per heavy atom. The van der Waals surface area contributed by atoms with Crippen molar-refractivity contribution in [2.45, 2.75) is 57.6 Å². The number of halogens is 1. The molecule has 1 aliphatic heterocycles. The molecule has 2 rings (SSSR count). The van der Waals surface area contributed by atoms with Gasteiger partial charge in [-0.05, 0) is 37.5 Å². The minimum absolute atomic E-state index is 0.0593. The highest BCUT2D eigenvalue weighted by Gasteiger charge is 2.37. The van der Waals surface area contributed by atoms with Gasteiger partial charge in [-0.2, -0.15) is 0 Å². The Balaban J connectivity index is 2.27. The standard InChI is InChI=1S/C15H22BrNO/c1-3-5-8-15(4-2)10-13(17)12-9-11(16)6-7-14(12)18-15/h6-7,9,13H,3-5,8,10,17H2,1-2H3/t13-,15?/m1/s1. The number of hydrogen-bond acceptors (Lipinski definition) is 2. The highest BCUT2D eigenvalue weighted by atomic mass is 79.9. The van der Waals surface area contributed by atoms with Crippen LogP contribution in [0.5, 0.6) is 5.75 Å². The molecule has 0 spiro atoms. The number of rotatable bonds is 4. The quantitative estimate of drug-likeness (QED) is 0.884. The number of unbranched alkanes of at least 4 members (excludes halogenated alkanes) is 1. The molecule has 3 heteroatoms. The van der Waals surface area contributed by atoms with Gasteiger partial charge in [0.1, 0.15) is 11.4 Å². The smallest absolute Gasteiger partial charge is 0.124 e. The van der Waals surface area contributed by atoms with Crippen LogP contribution in [0.3, 0.4) is 0 Å². The van der Waals surface area contributed by atoms with Gasteiger partial charge in [0.25, 0.3) is 0 Å². The molecular formula is C15H22BrNO. The van der Waals surface area contributed by atoms with Crippen LogP contribution in [0.4, 0.5) is 0 Å². The summed E-state index contributed by atoms with van der Waals surface area (Å²) in [6, 6.07) is 6.23. The van der Waals surface area contributed by atoms with Gasteiger partial charge in [0.05, 0.1) is 0 Å². The van der Waals surface area contributed by atoms with E-state index in [4.69, 9.17) is 10.5 Å². The summed E-state index contributed by atoms with van der Waals surface area (Å²) >= 11 is 3.49. The van der Waals surface area contributed by atoms with Gasteiger partial charge in [-0.1, -0.05) is 36.2 Å². The summed E-state index contributed by atoms with van der Waals surface area (Å²) in [7, 11) is 0. The molecule has 1 heterocycles. The second-order valence-corrected chi connectivity index (χ2v) is 6.15. The molecule has 0 saturated carbocycles. The van der Waals surface area contributed by atoms with Crippen molar-refractivity contribution in [3.05, 3.63) is 28.2 Å². The number of nitrogens with two attached hydrogens (primary N) is 1. The number of ether oxygens (including phenoxy) is 1. The van der Waals surface area contributed by atoms with E-state index in [2.05, 4.69) is 35.8 Å². The van der Waals surface area contributed by atoms with Crippen molar-refractivity contribution in [2.75, 3.05) is 0 Å². The Hall–Kier alpha value is -0.540. The maximum Gasteiger partial charge on any atom is 0.124 e. The predicted molar refractivity (Wildman–Crippen MR) is 78.9 cm³/mol. The van der Waals surface area contributed by atoms with Gasteiger partial charge in [0.2, 0.25) is 0 Å². The van der Waals surface area contributed by atoms with Crippen molar-refractivity contribution in [1.82, 2.24) is 0 Å². The molecule has 18 heavy (non-hydrogen) atoms. The van der Waals surface area contributed by atoms with E-state index < -0.39 is 0 Å². The average Bonchev–Trinajstić information content (AvgIpc) is 2.37. The minimum atomic E-state index is -0.0593. The van der Waals surface area contributed by atoms with E-state index in [9.17, 15) is 0 Å². The Kier molecular flexibility index (Phi) is 4.33. The van der Waals surface area contributed by atoms with Crippen molar-refractivity contribution in [1.29, 1.82) is 0 Å². The van der Waals surface area contributed by atoms with E-state index in [-0.39, 0.29) is 11.6 Å². The highest BCUT2D eigenvalue weighted by molar-refractivity contribution is 9.10. The Bertz CT molecular complexity index is 421. The maximum absolute atomic E-state index is 6.34. The number of fused-ring (bicyclic) bond motifs is 1. The fourth-order valence-electron chi connectivity index (χ4n) is 2.73. The Labute approximate surface area is 118 Å². The van der Waals surface area contributed by atoms with Gasteiger partial charge in [-0.15, -0.1) is 0 Å². The van der Waals surface area contributed by atoms with E-state index >= 15 is 0 Å². The van der Waals surface area contributed by atoms with Crippen molar-refractivity contribution in [3.63, 3.8) is 0 Å². The molecule has 0 bridgehead atoms. The first-order chi connectivity index (χ1) is 8.60. The van der Waals surface area contributed by atoms with Gasteiger partial charge in [-0.3, -0.25) is 0 Å². The third-order valence-corrected chi connectivity index (χ3v) is 4.41. The molecule has 0 saturated heterocycles. The van der Waals surface area contributed by atoms with Gasteiger partial charge >= 0.3 is 0 Å². The van der Waals surface area contributed by atoms with Crippen LogP contribution in [0.2, 0.25) is 0 Å². The molecule has 100 valence electrons. The predicted octanol–water partition coefficient (Wildman–Crippen LogP) is 4.57. The van der Waals surface area contributed by atoms with E-state index in [1.807, 2.05) is 12.1 Å². The largest absolute Gasteiger partial charge is 0.487 e. The maximum atomic E-state index is 6.34. The average molecular weight is 312 g/mol. The molecule has 0 radical (unpaired) electrons. The normalized spacial score (nSPS) is 26.6. The van der Waals surface area contributed by atoms with Crippen LogP contribution in [-0.4, -0.2) is 5.60 Å². The monoisotopic (exact) mass is 311 g/mol. The first-order valence-electron chi connectivity index (χ1n) is 6.84. The van der Waals surface area contributed by atoms with Gasteiger partial charge in [0, 0.05) is 22.5 Å². The van der Waals surface area contributed by atoms with Crippen molar-refractivity contribution < 1.29 is 4.74 Å². The zero-order chi connectivity index (χ0) is 13.2. The molecule has 1 aromatic rings. The summed E-state index contributed by atoms with van der Waals surface area (Å²) in [6.07, 6.45) is 5.45. The second-order valence-electron chi connectivity index (χ2n) is 5.23. The fourth-order valence-corrected chi connectivity index (χ4v) is 3.11. The van der Waals surface area contributed by atoms with Gasteiger partial charge in [0.15, 0.2) is 0 Å². The van der Waals surface area contributed by atoms with Crippen LogP contribution in [0, 0.1) is 0 Å². The summed E-state index contributed by atoms with van der Waals surface area (Å²) in [4.78, 5) is 0. The first kappa shape index (κ1) is 13.9. The van der Waals surface area contributed by atoms with Crippen molar-refractivity contribution in [3.8, 4) is 5.75 Å². The van der Waals surface area contributed by atoms with Gasteiger partial charge < -0.3 is 10.5 Å². The lowest BCUT2D eigenvalue weighted by atomic mass is 9.82. The molecule has 1 aliphatic rings. The topological polar surface area (TPSA) is 35.2 Å². The van der Waals surface area contributed by atoms with Crippen LogP contribution >= 0.6 is 15.9 Å². The molecule has 2 nitrogen and oxygen atoms in total. The molecule has 1 unspecified atom stereocenters. The lowest BCUT2D eigenvalue weighted by Crippen LogP contribution is -2.42. The number of benzene rings is 1. The highest BCUT2D eigenvalue weighted by Crippen LogP contribution is 2.43. The molecule has 2 atom stereocenters. The lowest BCUT2D eigenvalue weighted by molar-refractivity contribution is 0.0217. The lowest BCUT2D eigenvalue weighted by Gasteiger charge is -2.41. The zero-order valence-corrected chi connectivity index (χ0v) is 12.8. The molecular weight excluding hydrogens is 290 g/mol. The zero-order valence-electron chi connectivity index (χ0n) is 11.2. The summed E-state index contributed by atoms with van der Waals surface area (Å²) < 4.78 is 7.36. The Morgan fingerprint density at radius 1 is 1.44 bits per heavy atom. The van der Waals surface area contributed by atoms with Crippen LogP contribution in [0.15, 0.2) is 22.7 Å². The molecule has 0 aromatic heterocycles. The minimum Gasteiger partial charge on any atom is -0.487 e. The molecule has 0 amide bonds. The summed E-state index contributed by atoms with van der Waals surface area (Å²) in [6.45, 7) is 4.42. The number of hydrogen-bond donors (Lipinski definition) is 1.